The lowest BCUT2D eigenvalue weighted by Gasteiger charge is -2.45. The molecule has 1 unspecified atom stereocenters. The van der Waals surface area contributed by atoms with Crippen molar-refractivity contribution in [2.24, 2.45) is 5.92 Å². The van der Waals surface area contributed by atoms with Crippen molar-refractivity contribution in [2.45, 2.75) is 110 Å². The number of hydrogen-bond acceptors (Lipinski definition) is 4. The summed E-state index contributed by atoms with van der Waals surface area (Å²) in [4.78, 5) is 0. The molecule has 6 atom stereocenters. The molecular weight excluding hydrogens is 320 g/mol. The Kier molecular flexibility index (Phi) is 6.57. The van der Waals surface area contributed by atoms with Crippen LogP contribution in [0.2, 0.25) is 18.1 Å². The minimum atomic E-state index is -1.84. The minimum Gasteiger partial charge on any atom is -0.409 e. The van der Waals surface area contributed by atoms with Gasteiger partial charge in [-0.05, 0) is 57.2 Å². The molecule has 5 heteroatoms. The first-order valence-corrected chi connectivity index (χ1v) is 12.5. The van der Waals surface area contributed by atoms with Crippen LogP contribution in [0, 0.1) is 5.92 Å². The lowest BCUT2D eigenvalue weighted by molar-refractivity contribution is -0.260. The van der Waals surface area contributed by atoms with E-state index in [-0.39, 0.29) is 29.6 Å². The highest BCUT2D eigenvalue weighted by Gasteiger charge is 2.44. The van der Waals surface area contributed by atoms with Gasteiger partial charge in [0.05, 0.1) is 31.0 Å². The molecule has 142 valence electrons. The fourth-order valence-electron chi connectivity index (χ4n) is 2.83. The van der Waals surface area contributed by atoms with Gasteiger partial charge in [0.15, 0.2) is 14.6 Å². The summed E-state index contributed by atoms with van der Waals surface area (Å²) in [6, 6.07) is 0. The van der Waals surface area contributed by atoms with E-state index in [0.717, 1.165) is 25.9 Å². The lowest BCUT2D eigenvalue weighted by Crippen LogP contribution is -2.53. The molecule has 24 heavy (non-hydrogen) atoms. The van der Waals surface area contributed by atoms with Crippen LogP contribution in [0.4, 0.5) is 0 Å². The van der Waals surface area contributed by atoms with Crippen molar-refractivity contribution in [3.8, 4) is 0 Å². The van der Waals surface area contributed by atoms with Crippen LogP contribution in [0.5, 0.6) is 0 Å². The van der Waals surface area contributed by atoms with Crippen molar-refractivity contribution in [2.75, 3.05) is 6.61 Å². The number of rotatable bonds is 7. The van der Waals surface area contributed by atoms with Crippen LogP contribution in [0.15, 0.2) is 0 Å². The quantitative estimate of drug-likeness (QED) is 0.487. The third kappa shape index (κ3) is 5.53. The second kappa shape index (κ2) is 7.75. The van der Waals surface area contributed by atoms with Gasteiger partial charge in [-0.1, -0.05) is 27.7 Å². The summed E-state index contributed by atoms with van der Waals surface area (Å²) in [5, 5.41) is 0.193. The van der Waals surface area contributed by atoms with Gasteiger partial charge in [-0.2, -0.15) is 0 Å². The summed E-state index contributed by atoms with van der Waals surface area (Å²) in [7, 11) is -1.84. The molecule has 2 fully saturated rings. The molecule has 0 bridgehead atoms. The van der Waals surface area contributed by atoms with Crippen molar-refractivity contribution < 1.29 is 18.6 Å². The Morgan fingerprint density at radius 3 is 2.38 bits per heavy atom. The standard InChI is InChI=1S/C19H38O4Si/c1-13-11-17(23-24(7,8)19(4,5)6)18(22-15(13)3)21-14(2)9-10-16-12-20-16/h13-18H,9-12H2,1-8H3/t13-,14-,15+,16?,17-,18-/m1/s1. The predicted octanol–water partition coefficient (Wildman–Crippen LogP) is 4.73. The maximum Gasteiger partial charge on any atom is 0.192 e. The van der Waals surface area contributed by atoms with Gasteiger partial charge in [-0.15, -0.1) is 0 Å². The van der Waals surface area contributed by atoms with E-state index in [4.69, 9.17) is 18.6 Å². The SMILES string of the molecule is C[C@H](CCC1CO1)O[C@@H]1O[C@@H](C)[C@H](C)C[C@H]1O[Si](C)(C)C(C)(C)C. The molecule has 0 aromatic carbocycles. The van der Waals surface area contributed by atoms with E-state index in [2.05, 4.69) is 54.6 Å². The highest BCUT2D eigenvalue weighted by molar-refractivity contribution is 6.74. The molecule has 2 saturated heterocycles. The second-order valence-corrected chi connectivity index (χ2v) is 14.1. The van der Waals surface area contributed by atoms with Crippen LogP contribution >= 0.6 is 0 Å². The van der Waals surface area contributed by atoms with Crippen molar-refractivity contribution in [1.82, 2.24) is 0 Å². The van der Waals surface area contributed by atoms with Crippen molar-refractivity contribution in [3.05, 3.63) is 0 Å². The Morgan fingerprint density at radius 1 is 1.21 bits per heavy atom. The molecule has 0 aromatic heterocycles. The summed E-state index contributed by atoms with van der Waals surface area (Å²) in [5.74, 6) is 0.495. The van der Waals surface area contributed by atoms with Gasteiger partial charge in [-0.3, -0.25) is 0 Å². The molecular formula is C19H38O4Si. The Labute approximate surface area is 149 Å². The Hall–Kier alpha value is 0.0569. The van der Waals surface area contributed by atoms with Crippen molar-refractivity contribution in [1.29, 1.82) is 0 Å². The monoisotopic (exact) mass is 358 g/mol. The molecule has 0 saturated carbocycles. The number of epoxide rings is 1. The Balaban J connectivity index is 1.97. The molecule has 0 N–H and O–H groups in total. The zero-order valence-electron chi connectivity index (χ0n) is 16.9. The first kappa shape index (κ1) is 20.4. The summed E-state index contributed by atoms with van der Waals surface area (Å²) in [5.41, 5.74) is 0. The first-order valence-electron chi connectivity index (χ1n) is 9.60. The highest BCUT2D eigenvalue weighted by atomic mass is 28.4. The molecule has 2 heterocycles. The molecule has 0 aliphatic carbocycles. The maximum absolute atomic E-state index is 6.68. The fraction of sp³-hybridized carbons (Fsp3) is 1.00. The van der Waals surface area contributed by atoms with E-state index < -0.39 is 8.32 Å². The summed E-state index contributed by atoms with van der Waals surface area (Å²) in [6.45, 7) is 18.9. The van der Waals surface area contributed by atoms with E-state index in [0.29, 0.717) is 12.0 Å². The summed E-state index contributed by atoms with van der Waals surface area (Å²) in [6.07, 6.45) is 3.74. The molecule has 2 rings (SSSR count). The average molecular weight is 359 g/mol. The van der Waals surface area contributed by atoms with Crippen molar-refractivity contribution in [3.63, 3.8) is 0 Å². The van der Waals surface area contributed by atoms with E-state index in [9.17, 15) is 0 Å². The van der Waals surface area contributed by atoms with Crippen LogP contribution in [0.25, 0.3) is 0 Å². The van der Waals surface area contributed by atoms with E-state index in [1.54, 1.807) is 0 Å². The molecule has 4 nitrogen and oxygen atoms in total. The molecule has 0 amide bonds. The van der Waals surface area contributed by atoms with Crippen LogP contribution in [0.3, 0.4) is 0 Å². The van der Waals surface area contributed by atoms with Crippen LogP contribution in [0.1, 0.15) is 60.8 Å². The third-order valence-corrected chi connectivity index (χ3v) is 10.5. The van der Waals surface area contributed by atoms with Gasteiger partial charge in [-0.25, -0.2) is 0 Å². The van der Waals surface area contributed by atoms with Gasteiger partial charge in [0.1, 0.15) is 0 Å². The molecule has 0 aromatic rings. The van der Waals surface area contributed by atoms with E-state index in [1.165, 1.54) is 0 Å². The normalized spacial score (nSPS) is 35.8. The largest absolute Gasteiger partial charge is 0.409 e. The summed E-state index contributed by atoms with van der Waals surface area (Å²) < 4.78 is 24.5. The summed E-state index contributed by atoms with van der Waals surface area (Å²) >= 11 is 0. The van der Waals surface area contributed by atoms with Crippen molar-refractivity contribution >= 4 is 8.32 Å². The molecule has 0 radical (unpaired) electrons. The van der Waals surface area contributed by atoms with Gasteiger partial charge in [0.25, 0.3) is 0 Å². The van der Waals surface area contributed by atoms with Crippen LogP contribution in [-0.2, 0) is 18.6 Å². The Morgan fingerprint density at radius 2 is 1.83 bits per heavy atom. The highest BCUT2D eigenvalue weighted by Crippen LogP contribution is 2.40. The zero-order valence-corrected chi connectivity index (χ0v) is 17.9. The molecule has 2 aliphatic heterocycles. The number of hydrogen-bond donors (Lipinski definition) is 0. The predicted molar refractivity (Wildman–Crippen MR) is 99.7 cm³/mol. The van der Waals surface area contributed by atoms with Gasteiger partial charge in [0.2, 0.25) is 0 Å². The zero-order chi connectivity index (χ0) is 18.1. The average Bonchev–Trinajstić information content (AvgIpc) is 3.24. The number of ether oxygens (including phenoxy) is 3. The van der Waals surface area contributed by atoms with Gasteiger partial charge in [0, 0.05) is 0 Å². The lowest BCUT2D eigenvalue weighted by atomic mass is 9.95. The minimum absolute atomic E-state index is 0.0386. The van der Waals surface area contributed by atoms with Crippen LogP contribution in [-0.4, -0.2) is 45.6 Å². The van der Waals surface area contributed by atoms with Crippen LogP contribution < -0.4 is 0 Å². The molecule has 2 aliphatic rings. The third-order valence-electron chi connectivity index (χ3n) is 5.97. The van der Waals surface area contributed by atoms with Gasteiger partial charge >= 0.3 is 0 Å². The first-order chi connectivity index (χ1) is 11.0. The van der Waals surface area contributed by atoms with E-state index >= 15 is 0 Å². The topological polar surface area (TPSA) is 40.2 Å². The van der Waals surface area contributed by atoms with Gasteiger partial charge < -0.3 is 18.6 Å². The Bertz CT molecular complexity index is 403. The van der Waals surface area contributed by atoms with E-state index in [1.807, 2.05) is 0 Å². The molecule has 0 spiro atoms. The maximum atomic E-state index is 6.68. The smallest absolute Gasteiger partial charge is 0.192 e. The second-order valence-electron chi connectivity index (χ2n) is 9.32. The fourth-order valence-corrected chi connectivity index (χ4v) is 4.15.